The first kappa shape index (κ1) is 15.9. The molecule has 108 valence electrons. The number of rotatable bonds is 6. The third kappa shape index (κ3) is 5.22. The lowest BCUT2D eigenvalue weighted by molar-refractivity contribution is -0.150. The van der Waals surface area contributed by atoms with E-state index in [0.29, 0.717) is 13.2 Å². The van der Waals surface area contributed by atoms with Crippen molar-refractivity contribution in [2.24, 2.45) is 0 Å². The lowest BCUT2D eigenvalue weighted by Crippen LogP contribution is -2.54. The van der Waals surface area contributed by atoms with E-state index in [1.165, 1.54) is 0 Å². The van der Waals surface area contributed by atoms with Crippen LogP contribution in [0, 0.1) is 0 Å². The Balaban J connectivity index is 2.33. The van der Waals surface area contributed by atoms with Gasteiger partial charge in [0.1, 0.15) is 0 Å². The van der Waals surface area contributed by atoms with Gasteiger partial charge in [0.25, 0.3) is 0 Å². The summed E-state index contributed by atoms with van der Waals surface area (Å²) in [6.45, 7) is 17.7. The van der Waals surface area contributed by atoms with Crippen molar-refractivity contribution < 1.29 is 9.47 Å². The fourth-order valence-corrected chi connectivity index (χ4v) is 2.34. The van der Waals surface area contributed by atoms with Crippen LogP contribution in [0.25, 0.3) is 0 Å². The zero-order chi connectivity index (χ0) is 13.6. The van der Waals surface area contributed by atoms with E-state index in [0.717, 1.165) is 32.7 Å². The Morgan fingerprint density at radius 2 is 1.44 bits per heavy atom. The zero-order valence-corrected chi connectivity index (χ0v) is 12.7. The Morgan fingerprint density at radius 3 is 1.83 bits per heavy atom. The molecular formula is C14H30N2O2. The molecule has 0 aliphatic carbocycles. The van der Waals surface area contributed by atoms with E-state index < -0.39 is 0 Å². The van der Waals surface area contributed by atoms with Crippen LogP contribution in [0.2, 0.25) is 0 Å². The Hall–Kier alpha value is -0.160. The largest absolute Gasteiger partial charge is 0.352 e. The number of nitrogens with zero attached hydrogens (tertiary/aromatic N) is 2. The van der Waals surface area contributed by atoms with Crippen molar-refractivity contribution in [2.45, 2.75) is 46.4 Å². The molecule has 1 saturated heterocycles. The normalized spacial score (nSPS) is 19.7. The van der Waals surface area contributed by atoms with Crippen LogP contribution in [-0.2, 0) is 9.47 Å². The van der Waals surface area contributed by atoms with Crippen molar-refractivity contribution in [3.8, 4) is 0 Å². The highest BCUT2D eigenvalue weighted by molar-refractivity contribution is 4.82. The fraction of sp³-hybridized carbons (Fsp3) is 1.00. The highest BCUT2D eigenvalue weighted by atomic mass is 16.7. The highest BCUT2D eigenvalue weighted by Gasteiger charge is 2.26. The molecule has 1 rings (SSSR count). The smallest absolute Gasteiger partial charge is 0.170 e. The summed E-state index contributed by atoms with van der Waals surface area (Å²) in [4.78, 5) is 4.98. The van der Waals surface area contributed by atoms with E-state index in [1.807, 2.05) is 13.8 Å². The van der Waals surface area contributed by atoms with Crippen LogP contribution in [0.15, 0.2) is 0 Å². The molecule has 0 bridgehead atoms. The summed E-state index contributed by atoms with van der Waals surface area (Å²) in [6, 6.07) is 0. The average Bonchev–Trinajstić information content (AvgIpc) is 2.29. The van der Waals surface area contributed by atoms with E-state index >= 15 is 0 Å². The van der Waals surface area contributed by atoms with Crippen LogP contribution < -0.4 is 0 Å². The van der Waals surface area contributed by atoms with E-state index in [2.05, 4.69) is 30.6 Å². The van der Waals surface area contributed by atoms with Gasteiger partial charge in [-0.3, -0.25) is 9.80 Å². The molecule has 1 heterocycles. The molecule has 0 N–H and O–H groups in total. The summed E-state index contributed by atoms with van der Waals surface area (Å²) in [5.74, 6) is 0. The standard InChI is InChI=1S/C14H30N2O2/c1-6-17-13(18-7-2)12-15-8-10-16(11-9-15)14(3,4)5/h13H,6-12H2,1-5H3. The molecule has 0 aromatic rings. The fourth-order valence-electron chi connectivity index (χ4n) is 2.34. The maximum absolute atomic E-state index is 5.60. The van der Waals surface area contributed by atoms with Gasteiger partial charge in [-0.05, 0) is 34.6 Å². The van der Waals surface area contributed by atoms with Gasteiger partial charge in [0.15, 0.2) is 6.29 Å². The Kier molecular flexibility index (Phi) is 6.57. The molecule has 0 atom stereocenters. The third-order valence-corrected chi connectivity index (χ3v) is 3.43. The SMILES string of the molecule is CCOC(CN1CCN(C(C)(C)C)CC1)OCC. The van der Waals surface area contributed by atoms with Crippen molar-refractivity contribution in [1.82, 2.24) is 9.80 Å². The van der Waals surface area contributed by atoms with E-state index in [-0.39, 0.29) is 11.8 Å². The number of hydrogen-bond acceptors (Lipinski definition) is 4. The van der Waals surface area contributed by atoms with Gasteiger partial charge in [-0.1, -0.05) is 0 Å². The molecule has 4 nitrogen and oxygen atoms in total. The van der Waals surface area contributed by atoms with Crippen LogP contribution in [-0.4, -0.2) is 67.6 Å². The number of hydrogen-bond donors (Lipinski definition) is 0. The highest BCUT2D eigenvalue weighted by Crippen LogP contribution is 2.16. The molecule has 0 unspecified atom stereocenters. The predicted molar refractivity (Wildman–Crippen MR) is 74.8 cm³/mol. The number of piperazine rings is 1. The van der Waals surface area contributed by atoms with Gasteiger partial charge in [0.05, 0.1) is 0 Å². The number of ether oxygens (including phenoxy) is 2. The molecule has 1 aliphatic heterocycles. The van der Waals surface area contributed by atoms with E-state index in [4.69, 9.17) is 9.47 Å². The summed E-state index contributed by atoms with van der Waals surface area (Å²) in [5.41, 5.74) is 0.283. The summed E-state index contributed by atoms with van der Waals surface area (Å²) in [7, 11) is 0. The summed E-state index contributed by atoms with van der Waals surface area (Å²) in [6.07, 6.45) is -0.0683. The van der Waals surface area contributed by atoms with Crippen LogP contribution in [0.5, 0.6) is 0 Å². The van der Waals surface area contributed by atoms with Gasteiger partial charge < -0.3 is 9.47 Å². The van der Waals surface area contributed by atoms with Gasteiger partial charge in [-0.25, -0.2) is 0 Å². The molecule has 0 amide bonds. The lowest BCUT2D eigenvalue weighted by atomic mass is 10.1. The van der Waals surface area contributed by atoms with Gasteiger partial charge in [0.2, 0.25) is 0 Å². The zero-order valence-electron chi connectivity index (χ0n) is 12.7. The first-order valence-corrected chi connectivity index (χ1v) is 7.18. The molecule has 0 radical (unpaired) electrons. The molecule has 0 aromatic heterocycles. The van der Waals surface area contributed by atoms with Crippen LogP contribution >= 0.6 is 0 Å². The Labute approximate surface area is 112 Å². The monoisotopic (exact) mass is 258 g/mol. The van der Waals surface area contributed by atoms with Crippen molar-refractivity contribution in [2.75, 3.05) is 45.9 Å². The Morgan fingerprint density at radius 1 is 0.944 bits per heavy atom. The van der Waals surface area contributed by atoms with E-state index in [9.17, 15) is 0 Å². The quantitative estimate of drug-likeness (QED) is 0.678. The molecule has 18 heavy (non-hydrogen) atoms. The molecule has 0 spiro atoms. The second-order valence-electron chi connectivity index (χ2n) is 5.80. The molecular weight excluding hydrogens is 228 g/mol. The predicted octanol–water partition coefficient (Wildman–Crippen LogP) is 1.80. The van der Waals surface area contributed by atoms with Crippen LogP contribution in [0.4, 0.5) is 0 Å². The van der Waals surface area contributed by atoms with Crippen LogP contribution in [0.1, 0.15) is 34.6 Å². The second kappa shape index (κ2) is 7.43. The molecule has 0 aromatic carbocycles. The van der Waals surface area contributed by atoms with Crippen molar-refractivity contribution in [1.29, 1.82) is 0 Å². The Bertz CT molecular complexity index is 214. The van der Waals surface area contributed by atoms with Gasteiger partial charge in [-0.2, -0.15) is 0 Å². The topological polar surface area (TPSA) is 24.9 Å². The minimum atomic E-state index is -0.0683. The average molecular weight is 258 g/mol. The molecule has 1 aliphatic rings. The second-order valence-corrected chi connectivity index (χ2v) is 5.80. The molecule has 0 saturated carbocycles. The maximum Gasteiger partial charge on any atom is 0.170 e. The van der Waals surface area contributed by atoms with Gasteiger partial charge in [0, 0.05) is 51.5 Å². The summed E-state index contributed by atoms with van der Waals surface area (Å²) >= 11 is 0. The first-order valence-electron chi connectivity index (χ1n) is 7.18. The third-order valence-electron chi connectivity index (χ3n) is 3.43. The molecule has 1 fully saturated rings. The maximum atomic E-state index is 5.60. The van der Waals surface area contributed by atoms with Crippen molar-refractivity contribution in [3.05, 3.63) is 0 Å². The minimum absolute atomic E-state index is 0.0683. The van der Waals surface area contributed by atoms with Crippen LogP contribution in [0.3, 0.4) is 0 Å². The van der Waals surface area contributed by atoms with Gasteiger partial charge >= 0.3 is 0 Å². The van der Waals surface area contributed by atoms with E-state index in [1.54, 1.807) is 0 Å². The first-order chi connectivity index (χ1) is 8.47. The minimum Gasteiger partial charge on any atom is -0.352 e. The summed E-state index contributed by atoms with van der Waals surface area (Å²) < 4.78 is 11.2. The van der Waals surface area contributed by atoms with Crippen molar-refractivity contribution in [3.63, 3.8) is 0 Å². The van der Waals surface area contributed by atoms with Crippen molar-refractivity contribution >= 4 is 0 Å². The molecule has 4 heteroatoms. The van der Waals surface area contributed by atoms with Gasteiger partial charge in [-0.15, -0.1) is 0 Å². The lowest BCUT2D eigenvalue weighted by Gasteiger charge is -2.42. The summed E-state index contributed by atoms with van der Waals surface area (Å²) in [5, 5.41) is 0.